The third-order valence-electron chi connectivity index (χ3n) is 6.48. The lowest BCUT2D eigenvalue weighted by Gasteiger charge is -2.29. The molecule has 148 valence electrons. The van der Waals surface area contributed by atoms with E-state index >= 15 is 0 Å². The minimum Gasteiger partial charge on any atom is -0.454 e. The van der Waals surface area contributed by atoms with Crippen molar-refractivity contribution in [2.24, 2.45) is 0 Å². The molecule has 1 aliphatic carbocycles. The van der Waals surface area contributed by atoms with Crippen molar-refractivity contribution in [2.75, 3.05) is 33.0 Å². The Morgan fingerprint density at radius 2 is 1.93 bits per heavy atom. The normalized spacial score (nSPS) is 26.7. The number of hydrogen-bond acceptors (Lipinski definition) is 4. The quantitative estimate of drug-likeness (QED) is 0.802. The van der Waals surface area contributed by atoms with Crippen LogP contribution in [0.25, 0.3) is 0 Å². The van der Waals surface area contributed by atoms with Gasteiger partial charge in [-0.2, -0.15) is 0 Å². The molecule has 3 aliphatic heterocycles. The van der Waals surface area contributed by atoms with Crippen molar-refractivity contribution >= 4 is 5.91 Å². The second-order valence-electron chi connectivity index (χ2n) is 8.28. The first kappa shape index (κ1) is 17.8. The van der Waals surface area contributed by atoms with Crippen LogP contribution in [0, 0.1) is 0 Å². The molecule has 0 bridgehead atoms. The number of benzene rings is 1. The molecule has 2 fully saturated rings. The summed E-state index contributed by atoms with van der Waals surface area (Å²) >= 11 is 0. The predicted octanol–water partition coefficient (Wildman–Crippen LogP) is 3.47. The van der Waals surface area contributed by atoms with Gasteiger partial charge in [0.25, 0.3) is 5.91 Å². The van der Waals surface area contributed by atoms with E-state index in [2.05, 4.69) is 34.1 Å². The van der Waals surface area contributed by atoms with Crippen LogP contribution >= 0.6 is 0 Å². The number of carbonyl (C=O) groups is 1. The summed E-state index contributed by atoms with van der Waals surface area (Å²) in [4.78, 5) is 17.8. The van der Waals surface area contributed by atoms with Gasteiger partial charge < -0.3 is 19.3 Å². The average molecular weight is 380 g/mol. The number of nitrogens with zero attached hydrogens (tertiary/aromatic N) is 2. The summed E-state index contributed by atoms with van der Waals surface area (Å²) in [6.45, 7) is 4.62. The Labute approximate surface area is 166 Å². The first-order chi connectivity index (χ1) is 13.8. The molecule has 2 saturated heterocycles. The van der Waals surface area contributed by atoms with Crippen molar-refractivity contribution in [3.8, 4) is 11.5 Å². The number of allylic oxidation sites excluding steroid dienone is 2. The first-order valence-corrected chi connectivity index (χ1v) is 10.6. The molecule has 0 saturated carbocycles. The van der Waals surface area contributed by atoms with Gasteiger partial charge in [0.05, 0.1) is 0 Å². The maximum absolute atomic E-state index is 13.1. The molecule has 3 heterocycles. The van der Waals surface area contributed by atoms with Gasteiger partial charge in [-0.25, -0.2) is 0 Å². The summed E-state index contributed by atoms with van der Waals surface area (Å²) in [6.07, 6.45) is 12.0. The molecule has 0 N–H and O–H groups in total. The van der Waals surface area contributed by atoms with Gasteiger partial charge in [-0.15, -0.1) is 0 Å². The van der Waals surface area contributed by atoms with Crippen LogP contribution in [0.2, 0.25) is 0 Å². The number of ether oxygens (including phenoxy) is 2. The van der Waals surface area contributed by atoms with Crippen molar-refractivity contribution in [3.05, 3.63) is 47.6 Å². The number of hydrogen-bond donors (Lipinski definition) is 0. The van der Waals surface area contributed by atoms with E-state index in [9.17, 15) is 4.79 Å². The molecule has 0 spiro atoms. The Balaban J connectivity index is 1.23. The maximum Gasteiger partial charge on any atom is 0.253 e. The number of carbonyl (C=O) groups excluding carboxylic acids is 1. The van der Waals surface area contributed by atoms with Crippen molar-refractivity contribution in [1.29, 1.82) is 0 Å². The zero-order valence-electron chi connectivity index (χ0n) is 16.3. The largest absolute Gasteiger partial charge is 0.454 e. The van der Waals surface area contributed by atoms with Gasteiger partial charge in [-0.1, -0.05) is 24.3 Å². The van der Waals surface area contributed by atoms with Gasteiger partial charge in [0.1, 0.15) is 0 Å². The molecule has 28 heavy (non-hydrogen) atoms. The van der Waals surface area contributed by atoms with Crippen molar-refractivity contribution in [3.63, 3.8) is 0 Å². The van der Waals surface area contributed by atoms with Gasteiger partial charge in [-0.05, 0) is 62.9 Å². The molecule has 5 nitrogen and oxygen atoms in total. The number of amides is 1. The molecule has 1 amide bonds. The summed E-state index contributed by atoms with van der Waals surface area (Å²) < 4.78 is 10.9. The Kier molecular flexibility index (Phi) is 4.85. The Morgan fingerprint density at radius 3 is 2.75 bits per heavy atom. The smallest absolute Gasteiger partial charge is 0.253 e. The topological polar surface area (TPSA) is 42.0 Å². The van der Waals surface area contributed by atoms with Crippen LogP contribution in [0.5, 0.6) is 11.5 Å². The van der Waals surface area contributed by atoms with Gasteiger partial charge in [0, 0.05) is 30.6 Å². The molecule has 5 heteroatoms. The molecule has 0 radical (unpaired) electrons. The van der Waals surface area contributed by atoms with Gasteiger partial charge in [0.15, 0.2) is 11.5 Å². The summed E-state index contributed by atoms with van der Waals surface area (Å²) in [5.41, 5.74) is 2.06. The van der Waals surface area contributed by atoms with Crippen molar-refractivity contribution < 1.29 is 14.3 Å². The minimum atomic E-state index is 0.210. The van der Waals surface area contributed by atoms with E-state index in [1.165, 1.54) is 31.5 Å². The molecule has 0 aromatic heterocycles. The van der Waals surface area contributed by atoms with E-state index in [1.807, 2.05) is 12.1 Å². The third-order valence-corrected chi connectivity index (χ3v) is 6.48. The Bertz CT molecular complexity index is 810. The lowest BCUT2D eigenvalue weighted by atomic mass is 9.89. The second-order valence-corrected chi connectivity index (χ2v) is 8.28. The van der Waals surface area contributed by atoms with E-state index in [0.29, 0.717) is 12.8 Å². The van der Waals surface area contributed by atoms with E-state index in [-0.39, 0.29) is 11.8 Å². The highest BCUT2D eigenvalue weighted by Crippen LogP contribution is 2.37. The van der Waals surface area contributed by atoms with E-state index < -0.39 is 0 Å². The van der Waals surface area contributed by atoms with Crippen molar-refractivity contribution in [1.82, 2.24) is 9.80 Å². The second kappa shape index (κ2) is 7.63. The summed E-state index contributed by atoms with van der Waals surface area (Å²) in [5, 5.41) is 0. The monoisotopic (exact) mass is 380 g/mol. The minimum absolute atomic E-state index is 0.210. The lowest BCUT2D eigenvalue weighted by Crippen LogP contribution is -2.43. The lowest BCUT2D eigenvalue weighted by molar-refractivity contribution is -0.127. The van der Waals surface area contributed by atoms with E-state index in [4.69, 9.17) is 9.47 Å². The van der Waals surface area contributed by atoms with Crippen LogP contribution < -0.4 is 9.47 Å². The summed E-state index contributed by atoms with van der Waals surface area (Å²) in [6, 6.07) is 6.51. The highest BCUT2D eigenvalue weighted by Gasteiger charge is 2.32. The van der Waals surface area contributed by atoms with Crippen molar-refractivity contribution in [2.45, 2.75) is 44.1 Å². The van der Waals surface area contributed by atoms with Crippen LogP contribution in [0.3, 0.4) is 0 Å². The van der Waals surface area contributed by atoms with Crippen LogP contribution in [-0.2, 0) is 4.79 Å². The van der Waals surface area contributed by atoms with Gasteiger partial charge in [0.2, 0.25) is 6.79 Å². The molecule has 1 aromatic rings. The molecular formula is C23H28N2O3. The number of fused-ring (bicyclic) bond motifs is 1. The van der Waals surface area contributed by atoms with Crippen LogP contribution in [-0.4, -0.2) is 54.7 Å². The molecule has 4 aliphatic rings. The van der Waals surface area contributed by atoms with E-state index in [0.717, 1.165) is 49.4 Å². The fourth-order valence-electron chi connectivity index (χ4n) is 4.89. The molecule has 5 rings (SSSR count). The fourth-order valence-corrected chi connectivity index (χ4v) is 4.89. The van der Waals surface area contributed by atoms with E-state index in [1.54, 1.807) is 0 Å². The SMILES string of the molecule is O=C(C1=CCC(c2ccc3c(c2)OCO3)C=C1)N1CCC[C@H]1CN1CCCC1. The van der Waals surface area contributed by atoms with Crippen LogP contribution in [0.4, 0.5) is 0 Å². The van der Waals surface area contributed by atoms with Crippen LogP contribution in [0.1, 0.15) is 43.6 Å². The third kappa shape index (κ3) is 3.44. The maximum atomic E-state index is 13.1. The molecule has 2 atom stereocenters. The zero-order chi connectivity index (χ0) is 18.9. The highest BCUT2D eigenvalue weighted by molar-refractivity contribution is 5.96. The fraction of sp³-hybridized carbons (Fsp3) is 0.522. The zero-order valence-corrected chi connectivity index (χ0v) is 16.3. The van der Waals surface area contributed by atoms with Gasteiger partial charge in [-0.3, -0.25) is 4.79 Å². The summed E-state index contributed by atoms with van der Waals surface area (Å²) in [7, 11) is 0. The number of likely N-dealkylation sites (tertiary alicyclic amines) is 2. The Hall–Kier alpha value is -2.27. The highest BCUT2D eigenvalue weighted by atomic mass is 16.7. The average Bonchev–Trinajstić information content (AvgIpc) is 3.49. The standard InChI is InChI=1S/C23H28N2O3/c26-23(25-13-3-4-20(25)15-24-11-1-2-12-24)18-7-5-17(6-8-18)19-9-10-21-22(14-19)28-16-27-21/h5,7-10,14,17,20H,1-4,6,11-13,15-16H2/t17?,20-/m0/s1. The van der Waals surface area contributed by atoms with Gasteiger partial charge >= 0.3 is 0 Å². The Morgan fingerprint density at radius 1 is 1.07 bits per heavy atom. The first-order valence-electron chi connectivity index (χ1n) is 10.6. The van der Waals surface area contributed by atoms with Crippen LogP contribution in [0.15, 0.2) is 42.0 Å². The molecule has 1 unspecified atom stereocenters. The molecular weight excluding hydrogens is 352 g/mol. The predicted molar refractivity (Wildman–Crippen MR) is 108 cm³/mol. The molecule has 1 aromatic carbocycles. The number of rotatable bonds is 4. The summed E-state index contributed by atoms with van der Waals surface area (Å²) in [5.74, 6) is 2.12.